The van der Waals surface area contributed by atoms with Gasteiger partial charge < -0.3 is 14.6 Å². The van der Waals surface area contributed by atoms with Crippen molar-refractivity contribution in [3.63, 3.8) is 0 Å². The fraction of sp³-hybridized carbons (Fsp3) is 0.500. The van der Waals surface area contributed by atoms with Crippen LogP contribution in [0.2, 0.25) is 0 Å². The van der Waals surface area contributed by atoms with Crippen LogP contribution < -0.4 is 4.74 Å². The van der Waals surface area contributed by atoms with Gasteiger partial charge in [-0.1, -0.05) is 6.92 Å². The lowest BCUT2D eigenvalue weighted by molar-refractivity contribution is -0.167. The van der Waals surface area contributed by atoms with Crippen LogP contribution in [0.25, 0.3) is 0 Å². The van der Waals surface area contributed by atoms with Crippen molar-refractivity contribution in [2.75, 3.05) is 6.61 Å². The Bertz CT molecular complexity index is 1090. The van der Waals surface area contributed by atoms with E-state index < -0.39 is 71.3 Å². The van der Waals surface area contributed by atoms with Crippen molar-refractivity contribution in [2.24, 2.45) is 5.92 Å². The number of hydrogen-bond acceptors (Lipinski definition) is 6. The molecule has 0 aliphatic heterocycles. The number of allylic oxidation sites excluding steroid dienone is 2. The third-order valence-electron chi connectivity index (χ3n) is 6.31. The molecule has 0 saturated heterocycles. The number of hydrogen-bond donors (Lipinski definition) is 1. The number of carboxylic acid groups (broad SMARTS) is 1. The van der Waals surface area contributed by atoms with E-state index in [1.807, 2.05) is 0 Å². The predicted octanol–water partition coefficient (Wildman–Crippen LogP) is 4.75. The van der Waals surface area contributed by atoms with Crippen LogP contribution in [-0.4, -0.2) is 46.7 Å². The van der Waals surface area contributed by atoms with E-state index in [1.54, 1.807) is 0 Å². The van der Waals surface area contributed by atoms with Crippen molar-refractivity contribution in [1.82, 2.24) is 0 Å². The molecule has 0 amide bonds. The molecule has 3 rings (SSSR count). The summed E-state index contributed by atoms with van der Waals surface area (Å²) in [5.74, 6) is -10.7. The molecule has 190 valence electrons. The Balaban J connectivity index is 1.97. The highest BCUT2D eigenvalue weighted by atomic mass is 79.9. The van der Waals surface area contributed by atoms with Gasteiger partial charge in [-0.3, -0.25) is 9.59 Å². The van der Waals surface area contributed by atoms with Crippen molar-refractivity contribution in [1.29, 1.82) is 0 Å². The number of aliphatic carboxylic acids is 1. The van der Waals surface area contributed by atoms with Gasteiger partial charge in [-0.2, -0.15) is 0 Å². The van der Waals surface area contributed by atoms with Crippen LogP contribution >= 0.6 is 15.9 Å². The molecule has 1 aromatic rings. The first-order chi connectivity index (χ1) is 16.2. The summed E-state index contributed by atoms with van der Waals surface area (Å²) in [6.07, 6.45) is 1.89. The number of halogens is 4. The average molecular weight is 561 g/mol. The molecular weight excluding hydrogens is 537 g/mol. The smallest absolute Gasteiger partial charge is 0.351 e. The van der Waals surface area contributed by atoms with E-state index in [0.29, 0.717) is 19.8 Å². The van der Waals surface area contributed by atoms with E-state index in [9.17, 15) is 28.0 Å². The third-order valence-corrected chi connectivity index (χ3v) is 6.93. The minimum absolute atomic E-state index is 0.0262. The maximum atomic E-state index is 15.0. The molecule has 7 nitrogen and oxygen atoms in total. The molecule has 1 fully saturated rings. The number of carbonyl (C=O) groups is 4. The third kappa shape index (κ3) is 5.76. The summed E-state index contributed by atoms with van der Waals surface area (Å²) < 4.78 is 54.0. The molecular formula is C24H24BrF3O7. The monoisotopic (exact) mass is 560 g/mol. The minimum atomic E-state index is -3.41. The molecule has 0 bridgehead atoms. The average Bonchev–Trinajstić information content (AvgIpc) is 3.20. The van der Waals surface area contributed by atoms with Gasteiger partial charge in [0.05, 0.1) is 10.4 Å². The molecule has 1 N–H and O–H groups in total. The van der Waals surface area contributed by atoms with Gasteiger partial charge >= 0.3 is 11.9 Å². The van der Waals surface area contributed by atoms with Crippen molar-refractivity contribution in [3.05, 3.63) is 39.6 Å². The summed E-state index contributed by atoms with van der Waals surface area (Å²) >= 11 is 3.17. The number of esters is 1. The van der Waals surface area contributed by atoms with Crippen molar-refractivity contribution in [2.45, 2.75) is 63.4 Å². The van der Waals surface area contributed by atoms with Gasteiger partial charge in [0.1, 0.15) is 17.3 Å². The fourth-order valence-corrected chi connectivity index (χ4v) is 4.93. The van der Waals surface area contributed by atoms with E-state index in [2.05, 4.69) is 15.9 Å². The van der Waals surface area contributed by atoms with Crippen LogP contribution in [0.1, 0.15) is 57.4 Å². The van der Waals surface area contributed by atoms with Crippen LogP contribution in [0.4, 0.5) is 13.2 Å². The summed E-state index contributed by atoms with van der Waals surface area (Å²) in [5, 5.41) is 8.82. The predicted molar refractivity (Wildman–Crippen MR) is 120 cm³/mol. The summed E-state index contributed by atoms with van der Waals surface area (Å²) in [7, 11) is 0. The van der Waals surface area contributed by atoms with Crippen molar-refractivity contribution in [3.8, 4) is 5.75 Å². The molecule has 0 heterocycles. The fourth-order valence-electron chi connectivity index (χ4n) is 4.54. The molecule has 0 radical (unpaired) electrons. The Kier molecular flexibility index (Phi) is 7.78. The maximum Gasteiger partial charge on any atom is 0.351 e. The molecule has 2 atom stereocenters. The van der Waals surface area contributed by atoms with Gasteiger partial charge in [0.15, 0.2) is 12.4 Å². The second kappa shape index (κ2) is 10.1. The first-order valence-corrected chi connectivity index (χ1v) is 11.8. The van der Waals surface area contributed by atoms with E-state index in [-0.39, 0.29) is 28.6 Å². The van der Waals surface area contributed by atoms with Crippen molar-refractivity contribution < 1.29 is 46.9 Å². The Morgan fingerprint density at radius 2 is 1.86 bits per heavy atom. The topological polar surface area (TPSA) is 107 Å². The molecule has 2 aliphatic rings. The largest absolute Gasteiger partial charge is 0.479 e. The van der Waals surface area contributed by atoms with Gasteiger partial charge in [-0.25, -0.2) is 22.8 Å². The number of alkyl halides is 2. The van der Waals surface area contributed by atoms with E-state index in [0.717, 1.165) is 12.1 Å². The maximum absolute atomic E-state index is 15.0. The molecule has 2 unspecified atom stereocenters. The lowest BCUT2D eigenvalue weighted by atomic mass is 9.83. The van der Waals surface area contributed by atoms with Crippen LogP contribution in [-0.2, 0) is 23.9 Å². The highest BCUT2D eigenvalue weighted by molar-refractivity contribution is 9.10. The Hall–Kier alpha value is -2.69. The number of ether oxygens (including phenoxy) is 2. The first kappa shape index (κ1) is 26.9. The first-order valence-electron chi connectivity index (χ1n) is 11.0. The standard InChI is InChI=1S/C24H24BrF3O7/c1-12-16(23(2,27)28)8-13(29)7-15(21(12)32)14-9-19(17(25)10-18(14)26)35-24(5-3-4-6-24)22(33)34-11-20(30)31/h8-10,12,15H,3-7,11H2,1-2H3,(H,30,31). The number of carbonyl (C=O) groups excluding carboxylic acids is 3. The number of rotatable bonds is 7. The van der Waals surface area contributed by atoms with Gasteiger partial charge in [0.2, 0.25) is 5.60 Å². The summed E-state index contributed by atoms with van der Waals surface area (Å²) in [6.45, 7) is 0.984. The second-order valence-corrected chi connectivity index (χ2v) is 9.77. The second-order valence-electron chi connectivity index (χ2n) is 8.91. The molecule has 0 aromatic heterocycles. The highest BCUT2D eigenvalue weighted by Crippen LogP contribution is 2.43. The van der Waals surface area contributed by atoms with Crippen LogP contribution in [0, 0.1) is 11.7 Å². The number of Topliss-reactive ketones (excluding diaryl/α,β-unsaturated/α-hetero) is 1. The zero-order chi connectivity index (χ0) is 26.1. The number of benzene rings is 1. The van der Waals surface area contributed by atoms with Gasteiger partial charge in [-0.15, -0.1) is 0 Å². The van der Waals surface area contributed by atoms with Gasteiger partial charge in [0.25, 0.3) is 5.92 Å². The molecule has 11 heteroatoms. The van der Waals surface area contributed by atoms with Crippen LogP contribution in [0.3, 0.4) is 0 Å². The zero-order valence-electron chi connectivity index (χ0n) is 19.0. The number of carboxylic acids is 1. The molecule has 1 saturated carbocycles. The Labute approximate surface area is 207 Å². The molecule has 35 heavy (non-hydrogen) atoms. The van der Waals surface area contributed by atoms with Crippen molar-refractivity contribution >= 4 is 39.4 Å². The van der Waals surface area contributed by atoms with E-state index >= 15 is 4.39 Å². The van der Waals surface area contributed by atoms with Gasteiger partial charge in [0, 0.05) is 30.4 Å². The molecule has 1 aromatic carbocycles. The lowest BCUT2D eigenvalue weighted by Crippen LogP contribution is -2.44. The van der Waals surface area contributed by atoms with E-state index in [4.69, 9.17) is 14.6 Å². The molecule has 0 spiro atoms. The summed E-state index contributed by atoms with van der Waals surface area (Å²) in [6, 6.07) is 2.17. The quantitative estimate of drug-likeness (QED) is 0.479. The van der Waals surface area contributed by atoms with Crippen LogP contribution in [0.15, 0.2) is 28.3 Å². The minimum Gasteiger partial charge on any atom is -0.479 e. The lowest BCUT2D eigenvalue weighted by Gasteiger charge is -2.29. The van der Waals surface area contributed by atoms with Gasteiger partial charge in [-0.05, 0) is 59.8 Å². The highest BCUT2D eigenvalue weighted by Gasteiger charge is 2.46. The van der Waals surface area contributed by atoms with E-state index in [1.165, 1.54) is 13.0 Å². The normalized spacial score (nSPS) is 22.4. The Morgan fingerprint density at radius 1 is 1.23 bits per heavy atom. The summed E-state index contributed by atoms with van der Waals surface area (Å²) in [5.41, 5.74) is -2.37. The SMILES string of the molecule is CC1C(=O)C(c2cc(OC3(C(=O)OCC(=O)O)CCCC3)c(Br)cc2F)CC(=O)C=C1C(C)(F)F. The number of ketones is 2. The Morgan fingerprint density at radius 3 is 2.43 bits per heavy atom. The summed E-state index contributed by atoms with van der Waals surface area (Å²) in [4.78, 5) is 49.0. The zero-order valence-corrected chi connectivity index (χ0v) is 20.6. The van der Waals surface area contributed by atoms with Crippen LogP contribution in [0.5, 0.6) is 5.75 Å². The molecule has 2 aliphatic carbocycles.